The highest BCUT2D eigenvalue weighted by atomic mass is 127. The monoisotopic (exact) mass is 1500 g/mol. The number of nitrogens with two attached hydrogens (primary N) is 1. The average Bonchev–Trinajstić information content (AvgIpc) is 2.55. The number of esters is 2. The molecule has 0 amide bonds. The van der Waals surface area contributed by atoms with E-state index in [1.807, 2.05) is 0 Å². The normalized spacial score (nSPS) is 13.2. The molecular weight excluding hydrogens is 1340 g/mol. The van der Waals surface area contributed by atoms with E-state index in [1.54, 1.807) is 0 Å². The van der Waals surface area contributed by atoms with Crippen molar-refractivity contribution in [1.82, 2.24) is 0 Å². The number of unbranched alkanes of at least 4 members (excludes halogenated alkanes) is 46. The van der Waals surface area contributed by atoms with Gasteiger partial charge in [-0.15, -0.1) is 0 Å². The largest absolute Gasteiger partial charge is 1.00 e. The van der Waals surface area contributed by atoms with E-state index in [1.165, 1.54) is 270 Å². The molecule has 0 fully saturated rings. The molecule has 0 bridgehead atoms. The molecule has 0 aliphatic heterocycles. The topological polar surface area (TPSA) is 156 Å². The Hall–Kier alpha value is -1.42. The van der Waals surface area contributed by atoms with Gasteiger partial charge in [0, 0.05) is 32.6 Å². The number of nitrogens with zero attached hydrogens (tertiary/aromatic N) is 1. The molecule has 2 N–H and O–H groups in total. The lowest BCUT2D eigenvalue weighted by Crippen LogP contribution is -3.00. The Balaban J connectivity index is -0.00000182. The van der Waals surface area contributed by atoms with Gasteiger partial charge in [-0.05, 0) is 128 Å². The fraction of sp³-hybridized carbons (Fsp3) is 0.880. The lowest BCUT2D eigenvalue weighted by molar-refractivity contribution is -0.873. The number of carbonyl (C=O) groups excluding carboxylic acids is 2. The summed E-state index contributed by atoms with van der Waals surface area (Å²) in [6.45, 7) is 11.6. The minimum Gasteiger partial charge on any atom is -1.00 e. The molecule has 0 aliphatic rings. The molecule has 576 valence electrons. The molecule has 0 heterocycles. The number of likely N-dealkylation sites (N-methyl/N-ethyl adjacent to an activating group) is 1. The molecule has 0 aromatic rings. The molecule has 3 atom stereocenters. The molecule has 0 spiro atoms. The predicted molar refractivity (Wildman–Crippen MR) is 411 cm³/mol. The SMILES string of the molecule is CCCCCCCC/C=C\CCCCCCCC(=O)OC[C@H](COP(=O)([O-])OCCN)OC(=O)CCCCCCC/C=C\CCCCCCCC.CCCCCCCC/C=C\CCCCCCCCOCC(C[N+](C)(C)C)OCCCCCCCC/C=C\CCCCCCCC.[I-]. The van der Waals surface area contributed by atoms with E-state index in [-0.39, 0.29) is 62.7 Å². The van der Waals surface area contributed by atoms with Crippen molar-refractivity contribution in [3.05, 3.63) is 48.6 Å². The van der Waals surface area contributed by atoms with Crippen molar-refractivity contribution >= 4 is 19.8 Å². The Morgan fingerprint density at radius 3 is 1.00 bits per heavy atom. The Morgan fingerprint density at radius 2 is 0.670 bits per heavy atom. The Kier molecular flexibility index (Phi) is 84.2. The quantitative estimate of drug-likeness (QED) is 0.0154. The first-order chi connectivity index (χ1) is 46.8. The number of halogens is 1. The van der Waals surface area contributed by atoms with Gasteiger partial charge in [-0.3, -0.25) is 14.2 Å². The van der Waals surface area contributed by atoms with Gasteiger partial charge in [0.25, 0.3) is 7.82 Å². The van der Waals surface area contributed by atoms with Crippen LogP contribution in [-0.2, 0) is 42.1 Å². The summed E-state index contributed by atoms with van der Waals surface area (Å²) in [5.41, 5.74) is 5.31. The Bertz CT molecular complexity index is 1760. The second-order valence-corrected chi connectivity index (χ2v) is 30.2. The second-order valence-electron chi connectivity index (χ2n) is 28.7. The molecule has 0 aromatic carbocycles. The standard InChI is InChI=1S/C42H84NO2.C41H78NO8P.HI/c1-6-8-10-12-14-16-18-20-22-24-26-28-30-32-34-36-38-44-41-42(40-43(3,4)5)45-39-37-35-33-31-29-27-25-23-21-19-17-15-13-11-9-7-2;1-3-5-7-9-11-13-15-17-19-21-23-25-27-29-31-33-40(43)47-37-39(38-49-51(45,46)48-36-35-42)50-41(44)34-32-30-28-26-24-22-20-18-16-14-12-10-8-6-4-2;/h20-23,42H,6-19,24-41H2,1-5H3;17-20,39H,3-16,21-38,42H2,1-2H3,(H,45,46);1H/q+1;;/p-2/b22-20-,23-21-;19-17-,20-18-;/t;39-;/m.1./s1. The van der Waals surface area contributed by atoms with Gasteiger partial charge in [-0.2, -0.15) is 0 Å². The number of allylic oxidation sites excluding steroid dienone is 8. The van der Waals surface area contributed by atoms with E-state index in [9.17, 15) is 19.0 Å². The zero-order chi connectivity index (χ0) is 70.5. The van der Waals surface area contributed by atoms with Gasteiger partial charge < -0.3 is 67.1 Å². The third kappa shape index (κ3) is 86.9. The maximum absolute atomic E-state index is 12.5. The summed E-state index contributed by atoms with van der Waals surface area (Å²) in [5, 5.41) is 0. The zero-order valence-corrected chi connectivity index (χ0v) is 68.0. The van der Waals surface area contributed by atoms with Crippen LogP contribution in [0.5, 0.6) is 0 Å². The van der Waals surface area contributed by atoms with Crippen LogP contribution >= 0.6 is 7.82 Å². The van der Waals surface area contributed by atoms with Gasteiger partial charge in [0.1, 0.15) is 19.3 Å². The van der Waals surface area contributed by atoms with Crippen LogP contribution < -0.4 is 34.6 Å². The van der Waals surface area contributed by atoms with E-state index < -0.39 is 32.5 Å². The number of carbonyl (C=O) groups is 2. The molecular formula is C83H161IN2O10P-. The fourth-order valence-electron chi connectivity index (χ4n) is 11.7. The van der Waals surface area contributed by atoms with E-state index in [0.717, 1.165) is 95.1 Å². The molecule has 0 rings (SSSR count). The fourth-order valence-corrected chi connectivity index (χ4v) is 12.5. The van der Waals surface area contributed by atoms with Crippen LogP contribution in [0.2, 0.25) is 0 Å². The number of quaternary nitrogens is 1. The van der Waals surface area contributed by atoms with E-state index in [0.29, 0.717) is 12.8 Å². The maximum atomic E-state index is 12.5. The summed E-state index contributed by atoms with van der Waals surface area (Å²) < 4.78 is 45.7. The van der Waals surface area contributed by atoms with Crippen molar-refractivity contribution in [3.8, 4) is 0 Å². The molecule has 2 unspecified atom stereocenters. The highest BCUT2D eigenvalue weighted by Crippen LogP contribution is 2.38. The Morgan fingerprint density at radius 1 is 0.371 bits per heavy atom. The van der Waals surface area contributed by atoms with Crippen LogP contribution in [-0.4, -0.2) is 103 Å². The smallest absolute Gasteiger partial charge is 0.306 e. The second kappa shape index (κ2) is 81.9. The summed E-state index contributed by atoms with van der Waals surface area (Å²) in [5.74, 6) is -0.881. The van der Waals surface area contributed by atoms with Crippen molar-refractivity contribution < 1.29 is 75.5 Å². The van der Waals surface area contributed by atoms with Crippen molar-refractivity contribution in [3.63, 3.8) is 0 Å². The number of ether oxygens (including phenoxy) is 4. The van der Waals surface area contributed by atoms with Crippen LogP contribution in [0.15, 0.2) is 48.6 Å². The highest BCUT2D eigenvalue weighted by molar-refractivity contribution is 7.45. The first-order valence-corrected chi connectivity index (χ1v) is 42.5. The third-order valence-electron chi connectivity index (χ3n) is 17.7. The van der Waals surface area contributed by atoms with Crippen molar-refractivity contribution in [2.75, 3.05) is 73.9 Å². The van der Waals surface area contributed by atoms with E-state index >= 15 is 0 Å². The lowest BCUT2D eigenvalue weighted by Gasteiger charge is -2.29. The summed E-state index contributed by atoms with van der Waals surface area (Å²) >= 11 is 0. The lowest BCUT2D eigenvalue weighted by atomic mass is 10.1. The number of rotatable bonds is 76. The van der Waals surface area contributed by atoms with Crippen molar-refractivity contribution in [1.29, 1.82) is 0 Å². The van der Waals surface area contributed by atoms with Crippen molar-refractivity contribution in [2.24, 2.45) is 5.73 Å². The van der Waals surface area contributed by atoms with Crippen LogP contribution in [0.4, 0.5) is 0 Å². The molecule has 0 aromatic heterocycles. The van der Waals surface area contributed by atoms with Gasteiger partial charge in [0.15, 0.2) is 6.10 Å². The summed E-state index contributed by atoms with van der Waals surface area (Å²) in [6, 6.07) is 0. The van der Waals surface area contributed by atoms with Crippen molar-refractivity contribution in [2.45, 2.75) is 399 Å². The maximum Gasteiger partial charge on any atom is 0.306 e. The predicted octanol–water partition coefficient (Wildman–Crippen LogP) is 21.2. The number of hydrogen-bond acceptors (Lipinski definition) is 11. The first kappa shape index (κ1) is 99.8. The molecule has 0 saturated heterocycles. The van der Waals surface area contributed by atoms with Gasteiger partial charge in [0.05, 0.1) is 41.0 Å². The van der Waals surface area contributed by atoms with Gasteiger partial charge in [0.2, 0.25) is 0 Å². The summed E-state index contributed by atoms with van der Waals surface area (Å²) in [4.78, 5) is 36.9. The minimum absolute atomic E-state index is 0. The number of phosphoric acid groups is 1. The van der Waals surface area contributed by atoms with Crippen LogP contribution in [0.3, 0.4) is 0 Å². The van der Waals surface area contributed by atoms with Crippen LogP contribution in [0.25, 0.3) is 0 Å². The van der Waals surface area contributed by atoms with Gasteiger partial charge in [-0.1, -0.05) is 295 Å². The minimum atomic E-state index is -4.62. The van der Waals surface area contributed by atoms with Gasteiger partial charge in [-0.25, -0.2) is 0 Å². The van der Waals surface area contributed by atoms with Crippen LogP contribution in [0.1, 0.15) is 387 Å². The number of phosphoric ester groups is 1. The molecule has 0 aliphatic carbocycles. The molecule has 97 heavy (non-hydrogen) atoms. The molecule has 14 heteroatoms. The van der Waals surface area contributed by atoms with E-state index in [2.05, 4.69) is 102 Å². The van der Waals surface area contributed by atoms with E-state index in [4.69, 9.17) is 29.2 Å². The number of hydrogen-bond donors (Lipinski definition) is 1. The summed E-state index contributed by atoms with van der Waals surface area (Å²) in [7, 11) is 2.14. The highest BCUT2D eigenvalue weighted by Gasteiger charge is 2.22. The average molecular weight is 1510 g/mol. The third-order valence-corrected chi connectivity index (χ3v) is 18.6. The first-order valence-electron chi connectivity index (χ1n) is 41.1. The molecule has 0 saturated carbocycles. The Labute approximate surface area is 619 Å². The molecule has 12 nitrogen and oxygen atoms in total. The summed E-state index contributed by atoms with van der Waals surface area (Å²) in [6.07, 6.45) is 86.6. The van der Waals surface area contributed by atoms with Gasteiger partial charge >= 0.3 is 11.9 Å². The van der Waals surface area contributed by atoms with Crippen LogP contribution in [0, 0.1) is 0 Å². The zero-order valence-electron chi connectivity index (χ0n) is 65.0. The molecule has 0 radical (unpaired) electrons.